The Balaban J connectivity index is 3.27. The lowest BCUT2D eigenvalue weighted by molar-refractivity contribution is -0.147. The number of carbonyl (C=O) groups is 1. The molecule has 3 heteroatoms. The second-order valence-corrected chi connectivity index (χ2v) is 3.56. The summed E-state index contributed by atoms with van der Waals surface area (Å²) in [5.74, 6) is -0.137. The molecule has 0 aliphatic carbocycles. The maximum atomic E-state index is 11.0. The third kappa shape index (κ3) is 9.34. The highest BCUT2D eigenvalue weighted by molar-refractivity contribution is 5.69. The van der Waals surface area contributed by atoms with Crippen LogP contribution in [-0.4, -0.2) is 24.8 Å². The van der Waals surface area contributed by atoms with Gasteiger partial charge in [-0.15, -0.1) is 0 Å². The molecule has 0 bridgehead atoms. The van der Waals surface area contributed by atoms with E-state index < -0.39 is 0 Å². The van der Waals surface area contributed by atoms with Crippen LogP contribution in [0.5, 0.6) is 0 Å². The highest BCUT2D eigenvalue weighted by Crippen LogP contribution is 1.98. The lowest BCUT2D eigenvalue weighted by Gasteiger charge is -2.09. The topological polar surface area (TPSA) is 35.5 Å². The first-order chi connectivity index (χ1) is 6.02. The van der Waals surface area contributed by atoms with E-state index in [1.54, 1.807) is 0 Å². The SMILES string of the molecule is CC(C)OCCCC(=O)OC(C)C. The van der Waals surface area contributed by atoms with Crippen LogP contribution in [0, 0.1) is 0 Å². The summed E-state index contributed by atoms with van der Waals surface area (Å²) in [6.07, 6.45) is 1.41. The van der Waals surface area contributed by atoms with E-state index in [0.29, 0.717) is 13.0 Å². The Hall–Kier alpha value is -0.570. The predicted molar refractivity (Wildman–Crippen MR) is 51.6 cm³/mol. The Morgan fingerprint density at radius 2 is 1.77 bits per heavy atom. The van der Waals surface area contributed by atoms with Crippen molar-refractivity contribution in [3.05, 3.63) is 0 Å². The summed E-state index contributed by atoms with van der Waals surface area (Å²) in [5, 5.41) is 0. The second kappa shape index (κ2) is 6.89. The molecule has 0 aromatic rings. The standard InChI is InChI=1S/C10H20O3/c1-8(2)12-7-5-6-10(11)13-9(3)4/h8-9H,5-7H2,1-4H3. The number of carbonyl (C=O) groups excluding carboxylic acids is 1. The van der Waals surface area contributed by atoms with Gasteiger partial charge in [0.25, 0.3) is 0 Å². The van der Waals surface area contributed by atoms with E-state index in [2.05, 4.69) is 0 Å². The van der Waals surface area contributed by atoms with Crippen LogP contribution in [0.25, 0.3) is 0 Å². The molecule has 0 aromatic carbocycles. The largest absolute Gasteiger partial charge is 0.463 e. The van der Waals surface area contributed by atoms with Crippen LogP contribution in [0.1, 0.15) is 40.5 Å². The minimum atomic E-state index is -0.137. The Morgan fingerprint density at radius 1 is 1.15 bits per heavy atom. The van der Waals surface area contributed by atoms with E-state index in [0.717, 1.165) is 6.42 Å². The van der Waals surface area contributed by atoms with Crippen molar-refractivity contribution in [3.8, 4) is 0 Å². The summed E-state index contributed by atoms with van der Waals surface area (Å²) >= 11 is 0. The molecule has 13 heavy (non-hydrogen) atoms. The van der Waals surface area contributed by atoms with Crippen LogP contribution in [0.4, 0.5) is 0 Å². The van der Waals surface area contributed by atoms with Gasteiger partial charge < -0.3 is 9.47 Å². The van der Waals surface area contributed by atoms with Crippen LogP contribution in [0.3, 0.4) is 0 Å². The second-order valence-electron chi connectivity index (χ2n) is 3.56. The molecular formula is C10H20O3. The maximum absolute atomic E-state index is 11.0. The van der Waals surface area contributed by atoms with Gasteiger partial charge in [0.1, 0.15) is 0 Å². The zero-order valence-electron chi connectivity index (χ0n) is 9.00. The smallest absolute Gasteiger partial charge is 0.306 e. The molecule has 0 fully saturated rings. The molecule has 0 saturated heterocycles. The molecule has 0 aromatic heterocycles. The van der Waals surface area contributed by atoms with Crippen LogP contribution in [-0.2, 0) is 14.3 Å². The number of esters is 1. The monoisotopic (exact) mass is 188 g/mol. The summed E-state index contributed by atoms with van der Waals surface area (Å²) in [5.41, 5.74) is 0. The Bertz CT molecular complexity index is 141. The van der Waals surface area contributed by atoms with Gasteiger partial charge in [-0.05, 0) is 34.1 Å². The Kier molecular flexibility index (Phi) is 6.59. The van der Waals surface area contributed by atoms with Gasteiger partial charge in [-0.1, -0.05) is 0 Å². The van der Waals surface area contributed by atoms with Crippen molar-refractivity contribution >= 4 is 5.97 Å². The van der Waals surface area contributed by atoms with Gasteiger partial charge in [0.05, 0.1) is 12.2 Å². The molecule has 0 heterocycles. The third-order valence-corrected chi connectivity index (χ3v) is 1.34. The van der Waals surface area contributed by atoms with Crippen LogP contribution >= 0.6 is 0 Å². The molecule has 0 N–H and O–H groups in total. The first kappa shape index (κ1) is 12.4. The molecule has 0 rings (SSSR count). The minimum Gasteiger partial charge on any atom is -0.463 e. The van der Waals surface area contributed by atoms with Gasteiger partial charge in [0.15, 0.2) is 0 Å². The zero-order valence-corrected chi connectivity index (χ0v) is 9.00. The molecule has 78 valence electrons. The van der Waals surface area contributed by atoms with E-state index in [9.17, 15) is 4.79 Å². The van der Waals surface area contributed by atoms with Crippen molar-refractivity contribution < 1.29 is 14.3 Å². The summed E-state index contributed by atoms with van der Waals surface area (Å²) < 4.78 is 10.3. The van der Waals surface area contributed by atoms with Crippen molar-refractivity contribution in [2.45, 2.75) is 52.7 Å². The van der Waals surface area contributed by atoms with Crippen LogP contribution < -0.4 is 0 Å². The minimum absolute atomic E-state index is 0.0153. The van der Waals surface area contributed by atoms with Gasteiger partial charge in [-0.2, -0.15) is 0 Å². The molecule has 0 unspecified atom stereocenters. The third-order valence-electron chi connectivity index (χ3n) is 1.34. The van der Waals surface area contributed by atoms with Crippen molar-refractivity contribution in [2.75, 3.05) is 6.61 Å². The summed E-state index contributed by atoms with van der Waals surface area (Å²) in [4.78, 5) is 11.0. The molecule has 0 aliphatic rings. The van der Waals surface area contributed by atoms with Gasteiger partial charge in [-0.25, -0.2) is 0 Å². The van der Waals surface area contributed by atoms with Crippen LogP contribution in [0.2, 0.25) is 0 Å². The molecule has 0 radical (unpaired) electrons. The average Bonchev–Trinajstić information content (AvgIpc) is 1.96. The highest BCUT2D eigenvalue weighted by Gasteiger charge is 2.04. The molecule has 0 spiro atoms. The van der Waals surface area contributed by atoms with E-state index in [1.807, 2.05) is 27.7 Å². The first-order valence-corrected chi connectivity index (χ1v) is 4.83. The van der Waals surface area contributed by atoms with Gasteiger partial charge in [0.2, 0.25) is 0 Å². The van der Waals surface area contributed by atoms with E-state index >= 15 is 0 Å². The molecule has 3 nitrogen and oxygen atoms in total. The fourth-order valence-corrected chi connectivity index (χ4v) is 0.857. The number of hydrogen-bond donors (Lipinski definition) is 0. The summed E-state index contributed by atoms with van der Waals surface area (Å²) in [6, 6.07) is 0. The maximum Gasteiger partial charge on any atom is 0.306 e. The van der Waals surface area contributed by atoms with Crippen molar-refractivity contribution in [1.29, 1.82) is 0 Å². The highest BCUT2D eigenvalue weighted by atomic mass is 16.5. The van der Waals surface area contributed by atoms with Gasteiger partial charge >= 0.3 is 5.97 Å². The van der Waals surface area contributed by atoms with Crippen molar-refractivity contribution in [1.82, 2.24) is 0 Å². The molecule has 0 saturated carbocycles. The molecular weight excluding hydrogens is 168 g/mol. The fourth-order valence-electron chi connectivity index (χ4n) is 0.857. The van der Waals surface area contributed by atoms with Crippen molar-refractivity contribution in [2.24, 2.45) is 0 Å². The first-order valence-electron chi connectivity index (χ1n) is 4.83. The van der Waals surface area contributed by atoms with E-state index in [-0.39, 0.29) is 18.2 Å². The predicted octanol–water partition coefficient (Wildman–Crippen LogP) is 2.14. The summed E-state index contributed by atoms with van der Waals surface area (Å²) in [6.45, 7) is 8.29. The number of ether oxygens (including phenoxy) is 2. The Labute approximate surface area is 80.4 Å². The lowest BCUT2D eigenvalue weighted by atomic mass is 10.3. The molecule has 0 atom stereocenters. The lowest BCUT2D eigenvalue weighted by Crippen LogP contribution is -2.12. The van der Waals surface area contributed by atoms with Gasteiger partial charge in [0, 0.05) is 13.0 Å². The Morgan fingerprint density at radius 3 is 2.23 bits per heavy atom. The van der Waals surface area contributed by atoms with Crippen molar-refractivity contribution in [3.63, 3.8) is 0 Å². The van der Waals surface area contributed by atoms with Gasteiger partial charge in [-0.3, -0.25) is 4.79 Å². The fraction of sp³-hybridized carbons (Fsp3) is 0.900. The average molecular weight is 188 g/mol. The molecule has 0 aliphatic heterocycles. The summed E-state index contributed by atoms with van der Waals surface area (Å²) in [7, 11) is 0. The normalized spacial score (nSPS) is 10.9. The molecule has 0 amide bonds. The van der Waals surface area contributed by atoms with E-state index in [1.165, 1.54) is 0 Å². The van der Waals surface area contributed by atoms with E-state index in [4.69, 9.17) is 9.47 Å². The quantitative estimate of drug-likeness (QED) is 0.473. The number of hydrogen-bond acceptors (Lipinski definition) is 3. The number of rotatable bonds is 6. The zero-order chi connectivity index (χ0) is 10.3. The van der Waals surface area contributed by atoms with Crippen LogP contribution in [0.15, 0.2) is 0 Å².